The Balaban J connectivity index is 2.75. The van der Waals surface area contributed by atoms with Crippen LogP contribution in [0.3, 0.4) is 0 Å². The summed E-state index contributed by atoms with van der Waals surface area (Å²) in [5.41, 5.74) is 1.61. The van der Waals surface area contributed by atoms with Gasteiger partial charge in [0.15, 0.2) is 0 Å². The zero-order valence-electron chi connectivity index (χ0n) is 8.56. The molecule has 0 bridgehead atoms. The van der Waals surface area contributed by atoms with E-state index in [1.165, 1.54) is 6.92 Å². The molecule has 0 fully saturated rings. The van der Waals surface area contributed by atoms with E-state index in [9.17, 15) is 13.5 Å². The number of sulfone groups is 1. The molecule has 1 unspecified atom stereocenters. The summed E-state index contributed by atoms with van der Waals surface area (Å²) < 4.78 is 23.9. The fraction of sp³-hybridized carbons (Fsp3) is 0.273. The van der Waals surface area contributed by atoms with Crippen LogP contribution >= 0.6 is 0 Å². The Morgan fingerprint density at radius 2 is 2.00 bits per heavy atom. The van der Waals surface area contributed by atoms with Crippen molar-refractivity contribution in [2.45, 2.75) is 24.8 Å². The van der Waals surface area contributed by atoms with Crippen molar-refractivity contribution in [1.82, 2.24) is 0 Å². The lowest BCUT2D eigenvalue weighted by molar-refractivity contribution is 0.240. The number of aliphatic hydroxyl groups excluding tert-OH is 1. The summed E-state index contributed by atoms with van der Waals surface area (Å²) in [4.78, 5) is 0.394. The molecule has 15 heavy (non-hydrogen) atoms. The molecule has 1 aromatic carbocycles. The van der Waals surface area contributed by atoms with E-state index in [1.807, 2.05) is 13.0 Å². The van der Waals surface area contributed by atoms with Crippen molar-refractivity contribution in [3.63, 3.8) is 0 Å². The number of benzene rings is 1. The Labute approximate surface area is 89.0 Å². The first kappa shape index (κ1) is 10.4. The number of hydrogen-bond acceptors (Lipinski definition) is 3. The van der Waals surface area contributed by atoms with Gasteiger partial charge in [0.05, 0.1) is 15.9 Å². The zero-order valence-corrected chi connectivity index (χ0v) is 9.38. The van der Waals surface area contributed by atoms with Crippen molar-refractivity contribution >= 4 is 15.9 Å². The van der Waals surface area contributed by atoms with E-state index in [0.717, 1.165) is 5.56 Å². The second-order valence-corrected chi connectivity index (χ2v) is 5.63. The Morgan fingerprint density at radius 1 is 1.33 bits per heavy atom. The molecular weight excluding hydrogens is 212 g/mol. The van der Waals surface area contributed by atoms with Crippen LogP contribution in [0.5, 0.6) is 0 Å². The Hall–Kier alpha value is -1.13. The van der Waals surface area contributed by atoms with Crippen LogP contribution in [-0.4, -0.2) is 19.6 Å². The SMILES string of the molecule is Cc1cccc2c1C=C(C(C)O)S2(=O)=O. The first-order valence-electron chi connectivity index (χ1n) is 4.69. The standard InChI is InChI=1S/C11H12O3S/c1-7-4-3-5-10-9(7)6-11(8(2)12)15(10,13)14/h3-6,8,12H,1-2H3. The van der Waals surface area contributed by atoms with Gasteiger partial charge in [-0.1, -0.05) is 12.1 Å². The molecule has 1 aliphatic rings. The van der Waals surface area contributed by atoms with Crippen LogP contribution in [0.25, 0.3) is 6.08 Å². The molecular formula is C11H12O3S. The van der Waals surface area contributed by atoms with Crippen molar-refractivity contribution in [2.24, 2.45) is 0 Å². The van der Waals surface area contributed by atoms with Crippen LogP contribution in [0, 0.1) is 6.92 Å². The Morgan fingerprint density at radius 3 is 2.53 bits per heavy atom. The average Bonchev–Trinajstić information content (AvgIpc) is 2.40. The minimum Gasteiger partial charge on any atom is -0.388 e. The minimum atomic E-state index is -3.46. The molecule has 2 rings (SSSR count). The maximum absolute atomic E-state index is 11.9. The molecule has 1 N–H and O–H groups in total. The van der Waals surface area contributed by atoms with E-state index in [0.29, 0.717) is 10.5 Å². The van der Waals surface area contributed by atoms with E-state index in [2.05, 4.69) is 0 Å². The monoisotopic (exact) mass is 224 g/mol. The molecule has 0 aliphatic carbocycles. The van der Waals surface area contributed by atoms with E-state index in [1.54, 1.807) is 18.2 Å². The fourth-order valence-corrected chi connectivity index (χ4v) is 3.51. The summed E-state index contributed by atoms with van der Waals surface area (Å²) in [5.74, 6) is 0. The number of fused-ring (bicyclic) bond motifs is 1. The van der Waals surface area contributed by atoms with E-state index >= 15 is 0 Å². The van der Waals surface area contributed by atoms with Crippen LogP contribution in [0.2, 0.25) is 0 Å². The summed E-state index contributed by atoms with van der Waals surface area (Å²) in [5, 5.41) is 9.40. The van der Waals surface area contributed by atoms with Crippen molar-refractivity contribution in [3.8, 4) is 0 Å². The maximum atomic E-state index is 11.9. The highest BCUT2D eigenvalue weighted by molar-refractivity contribution is 7.96. The van der Waals surface area contributed by atoms with Gasteiger partial charge in [-0.25, -0.2) is 8.42 Å². The third-order valence-corrected chi connectivity index (χ3v) is 4.60. The molecule has 80 valence electrons. The normalized spacial score (nSPS) is 19.5. The van der Waals surface area contributed by atoms with Crippen LogP contribution in [-0.2, 0) is 9.84 Å². The lowest BCUT2D eigenvalue weighted by atomic mass is 10.1. The average molecular weight is 224 g/mol. The van der Waals surface area contributed by atoms with Gasteiger partial charge in [-0.15, -0.1) is 0 Å². The predicted molar refractivity (Wildman–Crippen MR) is 58.0 cm³/mol. The second-order valence-electron chi connectivity index (χ2n) is 3.71. The first-order chi connectivity index (χ1) is 6.94. The van der Waals surface area contributed by atoms with Crippen LogP contribution < -0.4 is 0 Å². The summed E-state index contributed by atoms with van der Waals surface area (Å²) in [6, 6.07) is 5.14. The summed E-state index contributed by atoms with van der Waals surface area (Å²) >= 11 is 0. The smallest absolute Gasteiger partial charge is 0.205 e. The Kier molecular flexibility index (Phi) is 2.20. The molecule has 0 saturated heterocycles. The van der Waals surface area contributed by atoms with E-state index < -0.39 is 15.9 Å². The second kappa shape index (κ2) is 3.18. The maximum Gasteiger partial charge on any atom is 0.205 e. The number of aryl methyl sites for hydroxylation is 1. The zero-order chi connectivity index (χ0) is 11.2. The molecule has 1 aliphatic heterocycles. The lowest BCUT2D eigenvalue weighted by Crippen LogP contribution is -2.11. The first-order valence-corrected chi connectivity index (χ1v) is 6.17. The number of hydrogen-bond donors (Lipinski definition) is 1. The predicted octanol–water partition coefficient (Wildman–Crippen LogP) is 1.50. The van der Waals surface area contributed by atoms with E-state index in [-0.39, 0.29) is 4.91 Å². The number of aliphatic hydroxyl groups is 1. The fourth-order valence-electron chi connectivity index (χ4n) is 1.76. The van der Waals surface area contributed by atoms with Gasteiger partial charge in [0.1, 0.15) is 0 Å². The van der Waals surface area contributed by atoms with Gasteiger partial charge < -0.3 is 5.11 Å². The molecule has 4 heteroatoms. The minimum absolute atomic E-state index is 0.0896. The molecule has 1 aromatic rings. The summed E-state index contributed by atoms with van der Waals surface area (Å²) in [6.07, 6.45) is 0.604. The van der Waals surface area contributed by atoms with Gasteiger partial charge in [0.2, 0.25) is 9.84 Å². The third kappa shape index (κ3) is 1.41. The van der Waals surface area contributed by atoms with Crippen LogP contribution in [0.4, 0.5) is 0 Å². The topological polar surface area (TPSA) is 54.4 Å². The molecule has 1 atom stereocenters. The number of rotatable bonds is 1. The summed E-state index contributed by atoms with van der Waals surface area (Å²) in [7, 11) is -3.46. The molecule has 3 nitrogen and oxygen atoms in total. The Bertz CT molecular complexity index is 539. The van der Waals surface area contributed by atoms with Gasteiger partial charge in [-0.05, 0) is 37.1 Å². The third-order valence-electron chi connectivity index (χ3n) is 2.58. The lowest BCUT2D eigenvalue weighted by Gasteiger charge is -2.05. The molecule has 0 saturated carbocycles. The largest absolute Gasteiger partial charge is 0.388 e. The molecule has 1 heterocycles. The molecule has 0 amide bonds. The quantitative estimate of drug-likeness (QED) is 0.786. The van der Waals surface area contributed by atoms with E-state index in [4.69, 9.17) is 0 Å². The van der Waals surface area contributed by atoms with Gasteiger partial charge in [-0.2, -0.15) is 0 Å². The molecule has 0 spiro atoms. The highest BCUT2D eigenvalue weighted by Gasteiger charge is 2.32. The molecule has 0 aromatic heterocycles. The van der Waals surface area contributed by atoms with Crippen molar-refractivity contribution < 1.29 is 13.5 Å². The van der Waals surface area contributed by atoms with Crippen molar-refractivity contribution in [2.75, 3.05) is 0 Å². The highest BCUT2D eigenvalue weighted by atomic mass is 32.2. The van der Waals surface area contributed by atoms with Gasteiger partial charge in [0, 0.05) is 0 Å². The summed E-state index contributed by atoms with van der Waals surface area (Å²) in [6.45, 7) is 3.32. The van der Waals surface area contributed by atoms with Gasteiger partial charge in [-0.3, -0.25) is 0 Å². The van der Waals surface area contributed by atoms with Crippen LogP contribution in [0.1, 0.15) is 18.1 Å². The van der Waals surface area contributed by atoms with Crippen molar-refractivity contribution in [1.29, 1.82) is 0 Å². The van der Waals surface area contributed by atoms with Gasteiger partial charge in [0.25, 0.3) is 0 Å². The van der Waals surface area contributed by atoms with Crippen molar-refractivity contribution in [3.05, 3.63) is 34.2 Å². The van der Waals surface area contributed by atoms with Crippen LogP contribution in [0.15, 0.2) is 28.0 Å². The van der Waals surface area contributed by atoms with Gasteiger partial charge >= 0.3 is 0 Å². The molecule has 0 radical (unpaired) electrons. The highest BCUT2D eigenvalue weighted by Crippen LogP contribution is 2.35.